The third-order valence-electron chi connectivity index (χ3n) is 4.36. The van der Waals surface area contributed by atoms with Crippen LogP contribution in [0, 0.1) is 0 Å². The normalized spacial score (nSPS) is 13.8. The summed E-state index contributed by atoms with van der Waals surface area (Å²) in [5.74, 6) is 1.07. The molecule has 25 heavy (non-hydrogen) atoms. The predicted molar refractivity (Wildman–Crippen MR) is 97.4 cm³/mol. The molecule has 0 fully saturated rings. The Hall–Kier alpha value is -2.82. The van der Waals surface area contributed by atoms with Gasteiger partial charge in [-0.15, -0.1) is 0 Å². The maximum Gasteiger partial charge on any atom is 0.166 e. The van der Waals surface area contributed by atoms with Gasteiger partial charge >= 0.3 is 0 Å². The van der Waals surface area contributed by atoms with E-state index in [-0.39, 0.29) is 17.3 Å². The van der Waals surface area contributed by atoms with E-state index in [2.05, 4.69) is 9.89 Å². The Kier molecular flexibility index (Phi) is 5.33. The molecule has 3 rings (SSSR count). The summed E-state index contributed by atoms with van der Waals surface area (Å²) in [4.78, 5) is 18.8. The number of hydrogen-bond acceptors (Lipinski definition) is 5. The zero-order valence-corrected chi connectivity index (χ0v) is 14.1. The van der Waals surface area contributed by atoms with E-state index in [4.69, 9.17) is 0 Å². The quantitative estimate of drug-likeness (QED) is 0.600. The molecule has 0 atom stereocenters. The second kappa shape index (κ2) is 7.83. The summed E-state index contributed by atoms with van der Waals surface area (Å²) in [5, 5.41) is 19.7. The number of Topliss-reactive ketones (excluding diaryl/α,β-unsaturated/α-hetero) is 1. The first-order valence-corrected chi connectivity index (χ1v) is 8.56. The van der Waals surface area contributed by atoms with Crippen LogP contribution >= 0.6 is 0 Å². The average Bonchev–Trinajstić information content (AvgIpc) is 3.07. The van der Waals surface area contributed by atoms with E-state index in [9.17, 15) is 15.0 Å². The molecule has 2 aromatic carbocycles. The standard InChI is InChI=1S/C20H22N2O3/c23-17-9-3-1-7-15(17)18(24)11-5-6-13-22-14-12-21-20(22)16-8-2-4-10-19(16)25/h1-4,7-10,23,25H,5-6,11-14H2. The maximum absolute atomic E-state index is 12.2. The molecule has 0 spiro atoms. The predicted octanol–water partition coefficient (Wildman–Crippen LogP) is 3.21. The number of aliphatic imine (C=N–C) groups is 1. The van der Waals surface area contributed by atoms with Crippen LogP contribution in [0.4, 0.5) is 0 Å². The number of carbonyl (C=O) groups excluding carboxylic acids is 1. The lowest BCUT2D eigenvalue weighted by Crippen LogP contribution is -2.29. The molecule has 130 valence electrons. The highest BCUT2D eigenvalue weighted by Crippen LogP contribution is 2.22. The zero-order chi connectivity index (χ0) is 17.6. The minimum atomic E-state index is -0.0332. The first kappa shape index (κ1) is 17.0. The van der Waals surface area contributed by atoms with Crippen molar-refractivity contribution >= 4 is 11.6 Å². The van der Waals surface area contributed by atoms with E-state index in [1.807, 2.05) is 12.1 Å². The van der Waals surface area contributed by atoms with Gasteiger partial charge in [-0.25, -0.2) is 0 Å². The lowest BCUT2D eigenvalue weighted by molar-refractivity contribution is 0.0976. The monoisotopic (exact) mass is 338 g/mol. The molecule has 0 aromatic heterocycles. The van der Waals surface area contributed by atoms with Gasteiger partial charge < -0.3 is 15.1 Å². The minimum Gasteiger partial charge on any atom is -0.507 e. The van der Waals surface area contributed by atoms with E-state index in [0.29, 0.717) is 12.0 Å². The molecule has 0 unspecified atom stereocenters. The fourth-order valence-electron chi connectivity index (χ4n) is 3.05. The molecule has 1 heterocycles. The number of phenols is 2. The first-order chi connectivity index (χ1) is 12.2. The van der Waals surface area contributed by atoms with Gasteiger partial charge in [0.15, 0.2) is 5.78 Å². The van der Waals surface area contributed by atoms with E-state index in [1.54, 1.807) is 30.3 Å². The molecule has 1 aliphatic heterocycles. The highest BCUT2D eigenvalue weighted by atomic mass is 16.3. The fraction of sp³-hybridized carbons (Fsp3) is 0.300. The number of unbranched alkanes of at least 4 members (excludes halogenated alkanes) is 1. The number of ketones is 1. The van der Waals surface area contributed by atoms with Crippen molar-refractivity contribution < 1.29 is 15.0 Å². The van der Waals surface area contributed by atoms with Crippen LogP contribution in [0.25, 0.3) is 0 Å². The van der Waals surface area contributed by atoms with Crippen LogP contribution in [-0.2, 0) is 0 Å². The van der Waals surface area contributed by atoms with Crippen LogP contribution < -0.4 is 0 Å². The van der Waals surface area contributed by atoms with Crippen molar-refractivity contribution in [3.63, 3.8) is 0 Å². The third kappa shape index (κ3) is 3.99. The lowest BCUT2D eigenvalue weighted by Gasteiger charge is -2.20. The van der Waals surface area contributed by atoms with Crippen molar-refractivity contribution in [2.24, 2.45) is 4.99 Å². The van der Waals surface area contributed by atoms with Gasteiger partial charge in [0, 0.05) is 19.5 Å². The summed E-state index contributed by atoms with van der Waals surface area (Å²) < 4.78 is 0. The van der Waals surface area contributed by atoms with Crippen molar-refractivity contribution in [2.45, 2.75) is 19.3 Å². The highest BCUT2D eigenvalue weighted by molar-refractivity contribution is 6.02. The Balaban J connectivity index is 1.51. The van der Waals surface area contributed by atoms with Crippen molar-refractivity contribution in [2.75, 3.05) is 19.6 Å². The molecule has 1 aliphatic rings. The molecular formula is C20H22N2O3. The van der Waals surface area contributed by atoms with Gasteiger partial charge in [0.05, 0.1) is 17.7 Å². The molecule has 0 radical (unpaired) electrons. The molecule has 0 saturated heterocycles. The molecular weight excluding hydrogens is 316 g/mol. The summed E-state index contributed by atoms with van der Waals surface area (Å²) in [6, 6.07) is 13.9. The number of nitrogens with zero attached hydrogens (tertiary/aromatic N) is 2. The molecule has 0 bridgehead atoms. The van der Waals surface area contributed by atoms with Crippen LogP contribution in [0.3, 0.4) is 0 Å². The van der Waals surface area contributed by atoms with E-state index >= 15 is 0 Å². The fourth-order valence-corrected chi connectivity index (χ4v) is 3.05. The highest BCUT2D eigenvalue weighted by Gasteiger charge is 2.20. The molecule has 0 aliphatic carbocycles. The molecule has 0 amide bonds. The van der Waals surface area contributed by atoms with Crippen LogP contribution in [0.5, 0.6) is 11.5 Å². The third-order valence-corrected chi connectivity index (χ3v) is 4.36. The van der Waals surface area contributed by atoms with Crippen molar-refractivity contribution in [1.82, 2.24) is 4.90 Å². The number of carbonyl (C=O) groups is 1. The second-order valence-corrected chi connectivity index (χ2v) is 6.11. The number of aromatic hydroxyl groups is 2. The summed E-state index contributed by atoms with van der Waals surface area (Å²) in [5.41, 5.74) is 1.14. The van der Waals surface area contributed by atoms with Gasteiger partial charge in [-0.2, -0.15) is 0 Å². The number of hydrogen-bond donors (Lipinski definition) is 2. The average molecular weight is 338 g/mol. The van der Waals surface area contributed by atoms with E-state index < -0.39 is 0 Å². The molecule has 0 saturated carbocycles. The van der Waals surface area contributed by atoms with Crippen LogP contribution in [0.1, 0.15) is 35.2 Å². The Morgan fingerprint density at radius 2 is 1.72 bits per heavy atom. The molecule has 5 heteroatoms. The minimum absolute atomic E-state index is 0.0332. The van der Waals surface area contributed by atoms with Gasteiger partial charge in [-0.3, -0.25) is 9.79 Å². The van der Waals surface area contributed by atoms with Gasteiger partial charge in [0.25, 0.3) is 0 Å². The Bertz CT molecular complexity index is 786. The SMILES string of the molecule is O=C(CCCCN1CCN=C1c1ccccc1O)c1ccccc1O. The smallest absolute Gasteiger partial charge is 0.166 e. The van der Waals surface area contributed by atoms with Gasteiger partial charge in [0.1, 0.15) is 17.3 Å². The summed E-state index contributed by atoms with van der Waals surface area (Å²) >= 11 is 0. The Morgan fingerprint density at radius 3 is 2.48 bits per heavy atom. The van der Waals surface area contributed by atoms with Crippen molar-refractivity contribution in [1.29, 1.82) is 0 Å². The number of amidine groups is 1. The van der Waals surface area contributed by atoms with Gasteiger partial charge in [-0.05, 0) is 37.1 Å². The van der Waals surface area contributed by atoms with Crippen LogP contribution in [-0.4, -0.2) is 46.4 Å². The van der Waals surface area contributed by atoms with E-state index in [0.717, 1.165) is 43.9 Å². The van der Waals surface area contributed by atoms with Crippen LogP contribution in [0.15, 0.2) is 53.5 Å². The lowest BCUT2D eigenvalue weighted by atomic mass is 10.0. The molecule has 2 aromatic rings. The van der Waals surface area contributed by atoms with Crippen molar-refractivity contribution in [3.8, 4) is 11.5 Å². The topological polar surface area (TPSA) is 73.1 Å². The summed E-state index contributed by atoms with van der Waals surface area (Å²) in [6.07, 6.45) is 2.01. The Labute approximate surface area is 147 Å². The number of phenolic OH excluding ortho intramolecular Hbond substituents is 2. The van der Waals surface area contributed by atoms with Gasteiger partial charge in [0.2, 0.25) is 0 Å². The van der Waals surface area contributed by atoms with Crippen molar-refractivity contribution in [3.05, 3.63) is 59.7 Å². The van der Waals surface area contributed by atoms with Gasteiger partial charge in [-0.1, -0.05) is 24.3 Å². The number of rotatable bonds is 7. The Morgan fingerprint density at radius 1 is 1.00 bits per heavy atom. The zero-order valence-electron chi connectivity index (χ0n) is 14.1. The molecule has 2 N–H and O–H groups in total. The van der Waals surface area contributed by atoms with Crippen LogP contribution in [0.2, 0.25) is 0 Å². The molecule has 5 nitrogen and oxygen atoms in total. The summed E-state index contributed by atoms with van der Waals surface area (Å²) in [6.45, 7) is 2.35. The second-order valence-electron chi connectivity index (χ2n) is 6.11. The van der Waals surface area contributed by atoms with E-state index in [1.165, 1.54) is 6.07 Å². The largest absolute Gasteiger partial charge is 0.507 e. The summed E-state index contributed by atoms with van der Waals surface area (Å²) in [7, 11) is 0. The number of para-hydroxylation sites is 2. The maximum atomic E-state index is 12.2. The first-order valence-electron chi connectivity index (χ1n) is 8.56. The number of benzene rings is 2.